The molecule has 0 fully saturated rings. The summed E-state index contributed by atoms with van der Waals surface area (Å²) in [5.74, 6) is -1.00. The van der Waals surface area contributed by atoms with E-state index in [1.165, 1.54) is 47.0 Å². The lowest BCUT2D eigenvalue weighted by molar-refractivity contribution is -0.141. The highest BCUT2D eigenvalue weighted by Gasteiger charge is 2.23. The van der Waals surface area contributed by atoms with Crippen molar-refractivity contribution in [1.29, 1.82) is 0 Å². The van der Waals surface area contributed by atoms with Gasteiger partial charge in [0.2, 0.25) is 10.0 Å². The first-order chi connectivity index (χ1) is 17.3. The number of sulfonamides is 1. The number of amides is 1. The Hall–Kier alpha value is -3.60. The zero-order chi connectivity index (χ0) is 25.7. The summed E-state index contributed by atoms with van der Waals surface area (Å²) < 4.78 is 35.0. The van der Waals surface area contributed by atoms with Crippen LogP contribution in [0.4, 0.5) is 0 Å². The molecular formula is C26H25N3O5S2. The second kappa shape index (κ2) is 11.0. The molecule has 0 saturated heterocycles. The van der Waals surface area contributed by atoms with Gasteiger partial charge in [0.1, 0.15) is 6.54 Å². The van der Waals surface area contributed by atoms with Gasteiger partial charge in [-0.2, -0.15) is 9.30 Å². The normalized spacial score (nSPS) is 12.2. The van der Waals surface area contributed by atoms with Gasteiger partial charge in [-0.05, 0) is 42.0 Å². The van der Waals surface area contributed by atoms with Gasteiger partial charge in [0.25, 0.3) is 5.91 Å². The maximum atomic E-state index is 13.2. The minimum absolute atomic E-state index is 0.0852. The van der Waals surface area contributed by atoms with Crippen LogP contribution in [0.2, 0.25) is 0 Å². The van der Waals surface area contributed by atoms with Gasteiger partial charge in [-0.25, -0.2) is 8.42 Å². The number of aromatic nitrogens is 1. The first kappa shape index (κ1) is 25.5. The fourth-order valence-electron chi connectivity index (χ4n) is 3.68. The fraction of sp³-hybridized carbons (Fsp3) is 0.192. The van der Waals surface area contributed by atoms with Crippen molar-refractivity contribution in [2.24, 2.45) is 4.99 Å². The van der Waals surface area contributed by atoms with E-state index in [-0.39, 0.29) is 23.5 Å². The monoisotopic (exact) mass is 523 g/mol. The third-order valence-electron chi connectivity index (χ3n) is 5.59. The van der Waals surface area contributed by atoms with E-state index in [4.69, 9.17) is 4.74 Å². The molecule has 0 atom stereocenters. The molecule has 0 aliphatic heterocycles. The number of esters is 1. The Morgan fingerprint density at radius 2 is 1.64 bits per heavy atom. The highest BCUT2D eigenvalue weighted by molar-refractivity contribution is 7.89. The molecule has 36 heavy (non-hydrogen) atoms. The van der Waals surface area contributed by atoms with Crippen LogP contribution in [0.5, 0.6) is 0 Å². The lowest BCUT2D eigenvalue weighted by Gasteiger charge is -2.20. The Bertz CT molecular complexity index is 1560. The summed E-state index contributed by atoms with van der Waals surface area (Å²) in [6, 6.07) is 22.5. The van der Waals surface area contributed by atoms with Crippen molar-refractivity contribution in [3.63, 3.8) is 0 Å². The molecule has 0 bridgehead atoms. The SMILES string of the molecule is CCN(Cc1ccccc1)S(=O)(=O)c1ccc(C(=O)N=c2sc3ccccc3n2CC(=O)OC)cc1. The van der Waals surface area contributed by atoms with Gasteiger partial charge in [0, 0.05) is 18.7 Å². The molecule has 4 rings (SSSR count). The molecule has 3 aromatic carbocycles. The fourth-order valence-corrected chi connectivity index (χ4v) is 6.14. The largest absolute Gasteiger partial charge is 0.468 e. The number of hydrogen-bond donors (Lipinski definition) is 0. The molecule has 0 saturated carbocycles. The quantitative estimate of drug-likeness (QED) is 0.327. The first-order valence-corrected chi connectivity index (χ1v) is 13.5. The maximum Gasteiger partial charge on any atom is 0.325 e. The molecular weight excluding hydrogens is 498 g/mol. The van der Waals surface area contributed by atoms with Crippen LogP contribution in [0.15, 0.2) is 88.8 Å². The van der Waals surface area contributed by atoms with E-state index in [1.54, 1.807) is 11.5 Å². The van der Waals surface area contributed by atoms with Crippen molar-refractivity contribution in [2.45, 2.75) is 24.9 Å². The van der Waals surface area contributed by atoms with Crippen LogP contribution in [0.3, 0.4) is 0 Å². The summed E-state index contributed by atoms with van der Waals surface area (Å²) in [6.07, 6.45) is 0. The third-order valence-corrected chi connectivity index (χ3v) is 8.59. The van der Waals surface area contributed by atoms with E-state index in [0.29, 0.717) is 11.3 Å². The van der Waals surface area contributed by atoms with Gasteiger partial charge >= 0.3 is 5.97 Å². The molecule has 0 aliphatic rings. The number of thiazole rings is 1. The summed E-state index contributed by atoms with van der Waals surface area (Å²) in [6.45, 7) is 2.26. The average Bonchev–Trinajstić information content (AvgIpc) is 3.24. The molecule has 0 radical (unpaired) electrons. The number of ether oxygens (including phenoxy) is 1. The van der Waals surface area contributed by atoms with E-state index in [9.17, 15) is 18.0 Å². The van der Waals surface area contributed by atoms with Crippen molar-refractivity contribution in [3.8, 4) is 0 Å². The Morgan fingerprint density at radius 3 is 2.31 bits per heavy atom. The molecule has 186 valence electrons. The molecule has 1 heterocycles. The number of nitrogens with zero attached hydrogens (tertiary/aromatic N) is 3. The van der Waals surface area contributed by atoms with Crippen molar-refractivity contribution >= 4 is 43.5 Å². The number of fused-ring (bicyclic) bond motifs is 1. The molecule has 0 N–H and O–H groups in total. The van der Waals surface area contributed by atoms with Gasteiger partial charge in [-0.1, -0.05) is 60.7 Å². The van der Waals surface area contributed by atoms with Gasteiger partial charge < -0.3 is 9.30 Å². The van der Waals surface area contributed by atoms with Crippen molar-refractivity contribution in [1.82, 2.24) is 8.87 Å². The number of carbonyl (C=O) groups is 2. The molecule has 0 spiro atoms. The van der Waals surface area contributed by atoms with Crippen LogP contribution in [0.25, 0.3) is 10.2 Å². The number of hydrogen-bond acceptors (Lipinski definition) is 6. The number of para-hydroxylation sites is 1. The number of carbonyl (C=O) groups excluding carboxylic acids is 2. The number of methoxy groups -OCH3 is 1. The summed E-state index contributed by atoms with van der Waals surface area (Å²) in [7, 11) is -2.45. The standard InChI is InChI=1S/C26H25N3O5S2/c1-3-28(17-19-9-5-4-6-10-19)36(32,33)21-15-13-20(14-16-21)25(31)27-26-29(18-24(30)34-2)22-11-7-8-12-23(22)35-26/h4-16H,3,17-18H2,1-2H3. The lowest BCUT2D eigenvalue weighted by Crippen LogP contribution is -2.30. The minimum Gasteiger partial charge on any atom is -0.468 e. The highest BCUT2D eigenvalue weighted by Crippen LogP contribution is 2.20. The van der Waals surface area contributed by atoms with Crippen LogP contribution in [-0.2, 0) is 32.6 Å². The van der Waals surface area contributed by atoms with Gasteiger partial charge in [-0.15, -0.1) is 0 Å². The second-order valence-corrected chi connectivity index (χ2v) is 10.8. The lowest BCUT2D eigenvalue weighted by atomic mass is 10.2. The highest BCUT2D eigenvalue weighted by atomic mass is 32.2. The molecule has 1 amide bonds. The number of rotatable bonds is 8. The Labute approximate surface area is 213 Å². The molecule has 1 aromatic heterocycles. The second-order valence-electron chi connectivity index (χ2n) is 7.87. The van der Waals surface area contributed by atoms with Crippen LogP contribution in [-0.4, -0.2) is 42.8 Å². The Kier molecular flexibility index (Phi) is 7.78. The predicted octanol–water partition coefficient (Wildman–Crippen LogP) is 3.83. The Balaban J connectivity index is 1.62. The molecule has 10 heteroatoms. The average molecular weight is 524 g/mol. The van der Waals surface area contributed by atoms with Crippen molar-refractivity contribution in [3.05, 3.63) is 94.8 Å². The zero-order valence-electron chi connectivity index (χ0n) is 19.8. The van der Waals surface area contributed by atoms with Gasteiger partial charge in [-0.3, -0.25) is 9.59 Å². The first-order valence-electron chi connectivity index (χ1n) is 11.2. The zero-order valence-corrected chi connectivity index (χ0v) is 21.5. The molecule has 8 nitrogen and oxygen atoms in total. The topological polar surface area (TPSA) is 98.0 Å². The molecule has 4 aromatic rings. The molecule has 0 unspecified atom stereocenters. The Morgan fingerprint density at radius 1 is 0.972 bits per heavy atom. The smallest absolute Gasteiger partial charge is 0.325 e. The van der Waals surface area contributed by atoms with Crippen LogP contribution >= 0.6 is 11.3 Å². The maximum absolute atomic E-state index is 13.2. The summed E-state index contributed by atoms with van der Waals surface area (Å²) >= 11 is 1.28. The van der Waals surface area contributed by atoms with Gasteiger partial charge in [0.05, 0.1) is 22.2 Å². The summed E-state index contributed by atoms with van der Waals surface area (Å²) in [5.41, 5.74) is 1.89. The van der Waals surface area contributed by atoms with Crippen LogP contribution in [0, 0.1) is 0 Å². The summed E-state index contributed by atoms with van der Waals surface area (Å²) in [5, 5.41) is 0. The summed E-state index contributed by atoms with van der Waals surface area (Å²) in [4.78, 5) is 29.5. The van der Waals surface area contributed by atoms with E-state index < -0.39 is 21.9 Å². The van der Waals surface area contributed by atoms with E-state index in [2.05, 4.69) is 4.99 Å². The number of benzene rings is 3. The van der Waals surface area contributed by atoms with E-state index >= 15 is 0 Å². The third kappa shape index (κ3) is 5.46. The van der Waals surface area contributed by atoms with E-state index in [1.807, 2.05) is 54.6 Å². The minimum atomic E-state index is -3.75. The molecule has 0 aliphatic carbocycles. The van der Waals surface area contributed by atoms with Crippen molar-refractivity contribution in [2.75, 3.05) is 13.7 Å². The predicted molar refractivity (Wildman–Crippen MR) is 138 cm³/mol. The van der Waals surface area contributed by atoms with Gasteiger partial charge in [0.15, 0.2) is 4.80 Å². The van der Waals surface area contributed by atoms with Crippen LogP contribution in [0.1, 0.15) is 22.8 Å². The van der Waals surface area contributed by atoms with E-state index in [0.717, 1.165) is 15.8 Å². The van der Waals surface area contributed by atoms with Crippen molar-refractivity contribution < 1.29 is 22.7 Å². The van der Waals surface area contributed by atoms with Crippen LogP contribution < -0.4 is 4.80 Å².